The van der Waals surface area contributed by atoms with Crippen LogP contribution >= 0.6 is 11.8 Å². The monoisotopic (exact) mass is 513 g/mol. The number of esters is 1. The standard InChI is InChI=1S/C25H21F2N3O5S/c1-33-23(32)19-11-34-22(28-19)20-9-15-12-36-24(29-21(31)14-5-3-2-4-6-14)30-25(15,13-35-20)17-8-7-16(26)10-18(17)27/h2-8,10-11,15,20H,9,12-13H2,1H3,(H,29,30,31)/t15-,20+,25-/m0/s1. The number of nitrogens with zero attached hydrogens (tertiary/aromatic N) is 2. The minimum Gasteiger partial charge on any atom is -0.464 e. The summed E-state index contributed by atoms with van der Waals surface area (Å²) in [5, 5.41) is 3.11. The molecule has 0 spiro atoms. The normalized spacial score (nSPS) is 23.4. The van der Waals surface area contributed by atoms with E-state index < -0.39 is 29.2 Å². The van der Waals surface area contributed by atoms with Crippen LogP contribution in [0.3, 0.4) is 0 Å². The van der Waals surface area contributed by atoms with Gasteiger partial charge in [0.25, 0.3) is 5.91 Å². The smallest absolute Gasteiger partial charge is 0.360 e. The highest BCUT2D eigenvalue weighted by molar-refractivity contribution is 8.13. The summed E-state index contributed by atoms with van der Waals surface area (Å²) in [6.45, 7) is -0.0773. The van der Waals surface area contributed by atoms with E-state index in [0.29, 0.717) is 22.9 Å². The predicted octanol–water partition coefficient (Wildman–Crippen LogP) is 4.25. The first-order valence-electron chi connectivity index (χ1n) is 11.1. The quantitative estimate of drug-likeness (QED) is 0.521. The molecule has 0 bridgehead atoms. The van der Waals surface area contributed by atoms with E-state index in [1.807, 2.05) is 0 Å². The molecule has 2 aliphatic rings. The van der Waals surface area contributed by atoms with Crippen LogP contribution in [0.25, 0.3) is 0 Å². The van der Waals surface area contributed by atoms with E-state index in [0.717, 1.165) is 6.07 Å². The number of aromatic nitrogens is 1. The third-order valence-corrected chi connectivity index (χ3v) is 7.28. The minimum absolute atomic E-state index is 0.0134. The number of carbonyl (C=O) groups excluding carboxylic acids is 2. The fourth-order valence-corrected chi connectivity index (χ4v) is 5.58. The van der Waals surface area contributed by atoms with Gasteiger partial charge >= 0.3 is 5.97 Å². The van der Waals surface area contributed by atoms with Crippen LogP contribution < -0.4 is 5.32 Å². The maximum absolute atomic E-state index is 15.1. The van der Waals surface area contributed by atoms with Crippen molar-refractivity contribution >= 4 is 28.8 Å². The van der Waals surface area contributed by atoms with Gasteiger partial charge in [0.1, 0.15) is 29.5 Å². The fourth-order valence-electron chi connectivity index (χ4n) is 4.42. The molecule has 1 N–H and O–H groups in total. The number of carbonyl (C=O) groups is 2. The Hall–Kier alpha value is -3.57. The molecule has 36 heavy (non-hydrogen) atoms. The van der Waals surface area contributed by atoms with Crippen molar-refractivity contribution in [1.82, 2.24) is 10.3 Å². The number of amides is 1. The summed E-state index contributed by atoms with van der Waals surface area (Å²) in [6.07, 6.45) is 0.923. The number of fused-ring (bicyclic) bond motifs is 1. The lowest BCUT2D eigenvalue weighted by molar-refractivity contribution is -0.0698. The predicted molar refractivity (Wildman–Crippen MR) is 126 cm³/mol. The molecule has 3 atom stereocenters. The van der Waals surface area contributed by atoms with Gasteiger partial charge in [-0.2, -0.15) is 0 Å². The highest BCUT2D eigenvalue weighted by Crippen LogP contribution is 2.49. The number of thioether (sulfide) groups is 1. The molecule has 1 amide bonds. The second-order valence-corrected chi connectivity index (χ2v) is 9.40. The highest BCUT2D eigenvalue weighted by atomic mass is 32.2. The molecular weight excluding hydrogens is 492 g/mol. The average molecular weight is 514 g/mol. The van der Waals surface area contributed by atoms with Gasteiger partial charge in [-0.15, -0.1) is 0 Å². The lowest BCUT2D eigenvalue weighted by atomic mass is 9.75. The number of halogens is 2. The van der Waals surface area contributed by atoms with Crippen LogP contribution in [0.4, 0.5) is 8.78 Å². The van der Waals surface area contributed by atoms with E-state index in [2.05, 4.69) is 15.0 Å². The topological polar surface area (TPSA) is 103 Å². The fraction of sp³-hybridized carbons (Fsp3) is 0.280. The van der Waals surface area contributed by atoms with Crippen molar-refractivity contribution in [3.63, 3.8) is 0 Å². The molecule has 11 heteroatoms. The molecule has 0 radical (unpaired) electrons. The van der Waals surface area contributed by atoms with Gasteiger partial charge < -0.3 is 19.2 Å². The second-order valence-electron chi connectivity index (χ2n) is 8.39. The van der Waals surface area contributed by atoms with E-state index in [-0.39, 0.29) is 35.6 Å². The summed E-state index contributed by atoms with van der Waals surface area (Å²) in [4.78, 5) is 33.4. The molecule has 3 heterocycles. The lowest BCUT2D eigenvalue weighted by Crippen LogP contribution is -2.49. The number of ether oxygens (including phenoxy) is 2. The third kappa shape index (κ3) is 4.51. The first-order valence-corrected chi connectivity index (χ1v) is 12.1. The first kappa shape index (κ1) is 24.1. The summed E-state index contributed by atoms with van der Waals surface area (Å²) < 4.78 is 44.9. The summed E-state index contributed by atoms with van der Waals surface area (Å²) in [5.74, 6) is -2.06. The second kappa shape index (κ2) is 9.82. The van der Waals surface area contributed by atoms with E-state index in [1.54, 1.807) is 30.3 Å². The van der Waals surface area contributed by atoms with Gasteiger partial charge in [0, 0.05) is 28.9 Å². The van der Waals surface area contributed by atoms with Crippen LogP contribution in [-0.4, -0.2) is 41.5 Å². The molecule has 186 valence electrons. The van der Waals surface area contributed by atoms with Gasteiger partial charge in [-0.25, -0.2) is 23.6 Å². The number of amidine groups is 1. The van der Waals surface area contributed by atoms with Crippen molar-refractivity contribution in [2.24, 2.45) is 10.9 Å². The van der Waals surface area contributed by atoms with Gasteiger partial charge in [-0.05, 0) is 24.6 Å². The number of methoxy groups -OCH3 is 1. The number of hydrogen-bond acceptors (Lipinski definition) is 8. The summed E-state index contributed by atoms with van der Waals surface area (Å²) in [5.41, 5.74) is -0.576. The molecule has 8 nitrogen and oxygen atoms in total. The summed E-state index contributed by atoms with van der Waals surface area (Å²) in [6, 6.07) is 12.0. The maximum Gasteiger partial charge on any atom is 0.360 e. The zero-order chi connectivity index (χ0) is 25.3. The molecule has 5 rings (SSSR count). The Balaban J connectivity index is 1.47. The number of nitrogens with one attached hydrogen (secondary N) is 1. The van der Waals surface area contributed by atoms with Crippen LogP contribution in [0.1, 0.15) is 44.8 Å². The van der Waals surface area contributed by atoms with Crippen molar-refractivity contribution < 1.29 is 32.3 Å². The van der Waals surface area contributed by atoms with Crippen molar-refractivity contribution in [2.45, 2.75) is 18.1 Å². The van der Waals surface area contributed by atoms with Crippen molar-refractivity contribution in [3.8, 4) is 0 Å². The Kier molecular flexibility index (Phi) is 6.59. The number of benzene rings is 2. The van der Waals surface area contributed by atoms with Crippen LogP contribution in [0.15, 0.2) is 64.2 Å². The maximum atomic E-state index is 15.1. The number of aliphatic imine (C=N–C) groups is 1. The average Bonchev–Trinajstić information content (AvgIpc) is 3.38. The Morgan fingerprint density at radius 2 is 2.00 bits per heavy atom. The first-order chi connectivity index (χ1) is 17.4. The molecular formula is C25H21F2N3O5S. The Morgan fingerprint density at radius 1 is 1.19 bits per heavy atom. The summed E-state index contributed by atoms with van der Waals surface area (Å²) in [7, 11) is 1.24. The number of hydrogen-bond donors (Lipinski definition) is 1. The number of rotatable bonds is 4. The van der Waals surface area contributed by atoms with Crippen LogP contribution in [0.2, 0.25) is 0 Å². The Morgan fingerprint density at radius 3 is 2.75 bits per heavy atom. The Bertz CT molecular complexity index is 1330. The van der Waals surface area contributed by atoms with E-state index in [4.69, 9.17) is 14.1 Å². The van der Waals surface area contributed by atoms with Crippen LogP contribution in [0.5, 0.6) is 0 Å². The third-order valence-electron chi connectivity index (χ3n) is 6.25. The minimum atomic E-state index is -1.21. The molecule has 0 saturated carbocycles. The van der Waals surface area contributed by atoms with E-state index >= 15 is 4.39 Å². The zero-order valence-electron chi connectivity index (χ0n) is 19.1. The van der Waals surface area contributed by atoms with Gasteiger partial charge in [0.15, 0.2) is 10.9 Å². The molecule has 1 fully saturated rings. The van der Waals surface area contributed by atoms with E-state index in [9.17, 15) is 14.0 Å². The molecule has 1 aromatic heterocycles. The summed E-state index contributed by atoms with van der Waals surface area (Å²) >= 11 is 1.33. The van der Waals surface area contributed by atoms with Crippen molar-refractivity contribution in [3.05, 3.63) is 89.1 Å². The van der Waals surface area contributed by atoms with Crippen molar-refractivity contribution in [1.29, 1.82) is 0 Å². The van der Waals surface area contributed by atoms with Gasteiger partial charge in [0.2, 0.25) is 5.89 Å². The van der Waals surface area contributed by atoms with Gasteiger partial charge in [-0.1, -0.05) is 36.0 Å². The van der Waals surface area contributed by atoms with E-state index in [1.165, 1.54) is 37.3 Å². The highest BCUT2D eigenvalue weighted by Gasteiger charge is 2.51. The molecule has 0 aliphatic carbocycles. The molecule has 2 aliphatic heterocycles. The van der Waals surface area contributed by atoms with Gasteiger partial charge in [-0.3, -0.25) is 4.79 Å². The molecule has 0 unspecified atom stereocenters. The zero-order valence-corrected chi connectivity index (χ0v) is 19.9. The van der Waals surface area contributed by atoms with Gasteiger partial charge in [0.05, 0.1) is 13.7 Å². The van der Waals surface area contributed by atoms with Crippen LogP contribution in [0, 0.1) is 17.6 Å². The molecule has 2 aromatic carbocycles. The molecule has 3 aromatic rings. The lowest BCUT2D eigenvalue weighted by Gasteiger charge is -2.46. The number of oxazole rings is 1. The van der Waals surface area contributed by atoms with Crippen LogP contribution in [-0.2, 0) is 15.0 Å². The SMILES string of the molecule is COC(=O)c1coc([C@H]2C[C@H]3CSC(NC(=O)c4ccccc4)=N[C@@]3(c3ccc(F)cc3F)CO2)n1. The molecule has 1 saturated heterocycles. The van der Waals surface area contributed by atoms with Crippen molar-refractivity contribution in [2.75, 3.05) is 19.5 Å². The Labute approximate surface area is 209 Å². The largest absolute Gasteiger partial charge is 0.464 e.